The summed E-state index contributed by atoms with van der Waals surface area (Å²) in [7, 11) is -2.68. The monoisotopic (exact) mass is 455 g/mol. The van der Waals surface area contributed by atoms with Crippen molar-refractivity contribution in [2.24, 2.45) is 0 Å². The predicted molar refractivity (Wildman–Crippen MR) is 114 cm³/mol. The third kappa shape index (κ3) is 4.52. The zero-order valence-corrected chi connectivity index (χ0v) is 17.9. The minimum Gasteiger partial charge on any atom is -0.494 e. The van der Waals surface area contributed by atoms with E-state index in [0.717, 1.165) is 11.9 Å². The van der Waals surface area contributed by atoms with Gasteiger partial charge in [0.25, 0.3) is 10.0 Å². The van der Waals surface area contributed by atoms with Crippen LogP contribution in [0.4, 0.5) is 10.1 Å². The summed E-state index contributed by atoms with van der Waals surface area (Å²) >= 11 is 0. The van der Waals surface area contributed by atoms with Gasteiger partial charge in [0.2, 0.25) is 5.88 Å². The normalized spacial score (nSPS) is 11.2. The molecule has 0 saturated heterocycles. The van der Waals surface area contributed by atoms with E-state index >= 15 is 0 Å². The molecule has 164 valence electrons. The van der Waals surface area contributed by atoms with E-state index in [9.17, 15) is 12.8 Å². The summed E-state index contributed by atoms with van der Waals surface area (Å²) in [6, 6.07) is 13.0. The van der Waals surface area contributed by atoms with Gasteiger partial charge >= 0.3 is 0 Å². The highest BCUT2D eigenvalue weighted by Crippen LogP contribution is 2.25. The van der Waals surface area contributed by atoms with E-state index in [2.05, 4.69) is 19.9 Å². The summed E-state index contributed by atoms with van der Waals surface area (Å²) < 4.78 is 53.5. The van der Waals surface area contributed by atoms with Crippen molar-refractivity contribution in [2.75, 3.05) is 11.8 Å². The molecule has 9 nitrogen and oxygen atoms in total. The summed E-state index contributed by atoms with van der Waals surface area (Å²) in [6.45, 7) is 1.85. The molecule has 2 aromatic heterocycles. The number of nitrogens with zero attached hydrogens (tertiary/aromatic N) is 4. The Morgan fingerprint density at radius 3 is 2.41 bits per heavy atom. The molecule has 0 spiro atoms. The van der Waals surface area contributed by atoms with Crippen LogP contribution >= 0.6 is 0 Å². The molecule has 0 aliphatic carbocycles. The molecule has 0 aliphatic rings. The highest BCUT2D eigenvalue weighted by Gasteiger charge is 2.17. The van der Waals surface area contributed by atoms with Crippen molar-refractivity contribution in [2.45, 2.75) is 11.8 Å². The molecule has 0 unspecified atom stereocenters. The molecular formula is C21H18FN5O4S. The van der Waals surface area contributed by atoms with Gasteiger partial charge in [0.15, 0.2) is 17.4 Å². The molecule has 1 N–H and O–H groups in total. The molecule has 0 saturated carbocycles. The average Bonchev–Trinajstić information content (AvgIpc) is 3.21. The van der Waals surface area contributed by atoms with Crippen LogP contribution in [-0.4, -0.2) is 35.3 Å². The van der Waals surface area contributed by atoms with Crippen LogP contribution in [0, 0.1) is 12.7 Å². The Labute approximate surface area is 183 Å². The van der Waals surface area contributed by atoms with E-state index in [1.807, 2.05) is 6.92 Å². The van der Waals surface area contributed by atoms with Crippen LogP contribution in [-0.2, 0) is 10.0 Å². The van der Waals surface area contributed by atoms with E-state index in [4.69, 9.17) is 9.47 Å². The maximum atomic E-state index is 13.9. The summed E-state index contributed by atoms with van der Waals surface area (Å²) in [5, 5.41) is 8.15. The Morgan fingerprint density at radius 2 is 1.81 bits per heavy atom. The Balaban J connectivity index is 1.44. The van der Waals surface area contributed by atoms with Crippen molar-refractivity contribution in [1.29, 1.82) is 0 Å². The number of ether oxygens (including phenoxy) is 2. The van der Waals surface area contributed by atoms with Gasteiger partial charge < -0.3 is 9.47 Å². The van der Waals surface area contributed by atoms with Gasteiger partial charge in [-0.1, -0.05) is 0 Å². The van der Waals surface area contributed by atoms with Gasteiger partial charge in [-0.05, 0) is 55.5 Å². The van der Waals surface area contributed by atoms with Crippen LogP contribution in [0.5, 0.6) is 17.4 Å². The minimum absolute atomic E-state index is 0.0401. The molecule has 32 heavy (non-hydrogen) atoms. The van der Waals surface area contributed by atoms with Crippen molar-refractivity contribution in [3.05, 3.63) is 78.6 Å². The van der Waals surface area contributed by atoms with E-state index in [1.165, 1.54) is 31.4 Å². The lowest BCUT2D eigenvalue weighted by Crippen LogP contribution is -2.13. The van der Waals surface area contributed by atoms with Crippen molar-refractivity contribution in [1.82, 2.24) is 19.7 Å². The smallest absolute Gasteiger partial charge is 0.262 e. The largest absolute Gasteiger partial charge is 0.494 e. The number of halogens is 1. The molecule has 0 fully saturated rings. The standard InChI is InChI=1S/C21H18FN5O4S/c1-14-23-11-12-27(14)20-9-10-21(25-24-20)31-16-5-3-15(4-6-16)26-32(28,29)17-7-8-19(30-2)18(22)13-17/h3-13,26H,1-2H3. The first kappa shape index (κ1) is 21.2. The van der Waals surface area contributed by atoms with Crippen molar-refractivity contribution in [3.8, 4) is 23.2 Å². The highest BCUT2D eigenvalue weighted by atomic mass is 32.2. The number of rotatable bonds is 7. The van der Waals surface area contributed by atoms with Crippen molar-refractivity contribution < 1.29 is 22.3 Å². The van der Waals surface area contributed by atoms with Crippen LogP contribution in [0.25, 0.3) is 5.82 Å². The fourth-order valence-corrected chi connectivity index (χ4v) is 3.93. The second kappa shape index (κ2) is 8.63. The summed E-state index contributed by atoms with van der Waals surface area (Å²) in [5.41, 5.74) is 0.283. The van der Waals surface area contributed by atoms with Crippen LogP contribution in [0.2, 0.25) is 0 Å². The quantitative estimate of drug-likeness (QED) is 0.452. The van der Waals surface area contributed by atoms with Gasteiger partial charge in [-0.2, -0.15) is 0 Å². The Morgan fingerprint density at radius 1 is 1.03 bits per heavy atom. The zero-order valence-electron chi connectivity index (χ0n) is 17.1. The predicted octanol–water partition coefficient (Wildman–Crippen LogP) is 3.71. The second-order valence-corrected chi connectivity index (χ2v) is 8.28. The summed E-state index contributed by atoms with van der Waals surface area (Å²) in [6.07, 6.45) is 3.45. The lowest BCUT2D eigenvalue weighted by atomic mass is 10.3. The molecule has 2 heterocycles. The number of aromatic nitrogens is 4. The number of hydrogen-bond donors (Lipinski definition) is 1. The SMILES string of the molecule is COc1ccc(S(=O)(=O)Nc2ccc(Oc3ccc(-n4ccnc4C)nn3)cc2)cc1F. The van der Waals surface area contributed by atoms with Crippen LogP contribution < -0.4 is 14.2 Å². The van der Waals surface area contributed by atoms with Crippen molar-refractivity contribution in [3.63, 3.8) is 0 Å². The molecule has 0 atom stereocenters. The number of anilines is 1. The average molecular weight is 455 g/mol. The van der Waals surface area contributed by atoms with E-state index < -0.39 is 15.8 Å². The Hall–Kier alpha value is -3.99. The number of imidazole rings is 1. The minimum atomic E-state index is -3.98. The van der Waals surface area contributed by atoms with E-state index in [0.29, 0.717) is 11.6 Å². The highest BCUT2D eigenvalue weighted by molar-refractivity contribution is 7.92. The van der Waals surface area contributed by atoms with Gasteiger partial charge in [-0.3, -0.25) is 9.29 Å². The third-order valence-corrected chi connectivity index (χ3v) is 5.84. The summed E-state index contributed by atoms with van der Waals surface area (Å²) in [5.74, 6) is 1.28. The third-order valence-electron chi connectivity index (χ3n) is 4.46. The molecule has 0 radical (unpaired) electrons. The maximum Gasteiger partial charge on any atom is 0.262 e. The molecule has 0 bridgehead atoms. The Bertz CT molecular complexity index is 1340. The molecular weight excluding hydrogens is 437 g/mol. The number of nitrogens with one attached hydrogen (secondary N) is 1. The number of benzene rings is 2. The maximum absolute atomic E-state index is 13.9. The van der Waals surface area contributed by atoms with Crippen LogP contribution in [0.15, 0.2) is 71.9 Å². The van der Waals surface area contributed by atoms with Gasteiger partial charge in [0.1, 0.15) is 11.6 Å². The van der Waals surface area contributed by atoms with Gasteiger partial charge in [-0.15, -0.1) is 10.2 Å². The number of aryl methyl sites for hydroxylation is 1. The first-order valence-electron chi connectivity index (χ1n) is 9.34. The van der Waals surface area contributed by atoms with Crippen LogP contribution in [0.1, 0.15) is 5.82 Å². The lowest BCUT2D eigenvalue weighted by molar-refractivity contribution is 0.385. The number of sulfonamides is 1. The van der Waals surface area contributed by atoms with E-state index in [1.54, 1.807) is 41.2 Å². The van der Waals surface area contributed by atoms with Crippen LogP contribution in [0.3, 0.4) is 0 Å². The molecule has 4 rings (SSSR count). The van der Waals surface area contributed by atoms with Gasteiger partial charge in [0.05, 0.1) is 12.0 Å². The fourth-order valence-electron chi connectivity index (χ4n) is 2.86. The number of hydrogen-bond acceptors (Lipinski definition) is 7. The van der Waals surface area contributed by atoms with Gasteiger partial charge in [0, 0.05) is 24.1 Å². The molecule has 2 aromatic carbocycles. The zero-order chi connectivity index (χ0) is 22.7. The molecule has 11 heteroatoms. The topological polar surface area (TPSA) is 108 Å². The summed E-state index contributed by atoms with van der Waals surface area (Å²) in [4.78, 5) is 3.92. The fraction of sp³-hybridized carbons (Fsp3) is 0.0952. The lowest BCUT2D eigenvalue weighted by Gasteiger charge is -2.10. The molecule has 0 aliphatic heterocycles. The van der Waals surface area contributed by atoms with Crippen molar-refractivity contribution >= 4 is 15.7 Å². The molecule has 4 aromatic rings. The van der Waals surface area contributed by atoms with Gasteiger partial charge in [-0.25, -0.2) is 17.8 Å². The second-order valence-electron chi connectivity index (χ2n) is 6.60. The first-order valence-corrected chi connectivity index (χ1v) is 10.8. The Kier molecular flexibility index (Phi) is 5.73. The number of methoxy groups -OCH3 is 1. The molecule has 0 amide bonds. The van der Waals surface area contributed by atoms with E-state index in [-0.39, 0.29) is 22.2 Å². The first-order chi connectivity index (χ1) is 15.4.